The van der Waals surface area contributed by atoms with Crippen molar-refractivity contribution in [2.24, 2.45) is 0 Å². The van der Waals surface area contributed by atoms with Gasteiger partial charge in [-0.25, -0.2) is 4.98 Å². The van der Waals surface area contributed by atoms with Gasteiger partial charge in [0, 0.05) is 6.07 Å². The van der Waals surface area contributed by atoms with E-state index in [4.69, 9.17) is 21.4 Å². The predicted octanol–water partition coefficient (Wildman–Crippen LogP) is 3.37. The van der Waals surface area contributed by atoms with Gasteiger partial charge in [-0.05, 0) is 18.6 Å². The van der Waals surface area contributed by atoms with Gasteiger partial charge < -0.3 is 9.84 Å². The van der Waals surface area contributed by atoms with Gasteiger partial charge in [-0.3, -0.25) is 0 Å². The zero-order chi connectivity index (χ0) is 13.0. The monoisotopic (exact) mass is 263 g/mol. The van der Waals surface area contributed by atoms with Crippen LogP contribution in [0.15, 0.2) is 42.5 Å². The molecule has 0 radical (unpaired) electrons. The van der Waals surface area contributed by atoms with Crippen molar-refractivity contribution in [3.05, 3.63) is 58.7 Å². The molecule has 2 rings (SSSR count). The topological polar surface area (TPSA) is 42.4 Å². The molecule has 0 aliphatic heterocycles. The van der Waals surface area contributed by atoms with Gasteiger partial charge >= 0.3 is 0 Å². The van der Waals surface area contributed by atoms with Crippen LogP contribution in [0.1, 0.15) is 24.3 Å². The largest absolute Gasteiger partial charge is 0.470 e. The van der Waals surface area contributed by atoms with Crippen molar-refractivity contribution in [2.45, 2.75) is 19.6 Å². The molecule has 2 aromatic rings. The summed E-state index contributed by atoms with van der Waals surface area (Å²) in [7, 11) is 0. The number of aliphatic hydroxyl groups excluding tert-OH is 1. The fourth-order valence-corrected chi connectivity index (χ4v) is 1.78. The number of halogens is 1. The third-order valence-electron chi connectivity index (χ3n) is 2.61. The first kappa shape index (κ1) is 12.9. The summed E-state index contributed by atoms with van der Waals surface area (Å²) in [6, 6.07) is 13.2. The quantitative estimate of drug-likeness (QED) is 0.920. The van der Waals surface area contributed by atoms with Crippen molar-refractivity contribution in [3.8, 4) is 5.88 Å². The summed E-state index contributed by atoms with van der Waals surface area (Å²) in [5, 5.41) is 9.53. The molecule has 0 aliphatic rings. The lowest BCUT2D eigenvalue weighted by atomic mass is 10.1. The summed E-state index contributed by atoms with van der Waals surface area (Å²) in [6.45, 7) is 1.75. The highest BCUT2D eigenvalue weighted by Crippen LogP contribution is 2.23. The molecule has 4 heteroatoms. The zero-order valence-corrected chi connectivity index (χ0v) is 10.8. The first-order valence-corrected chi connectivity index (χ1v) is 6.06. The van der Waals surface area contributed by atoms with Crippen molar-refractivity contribution in [1.29, 1.82) is 0 Å². The van der Waals surface area contributed by atoms with E-state index in [1.165, 1.54) is 0 Å². The summed E-state index contributed by atoms with van der Waals surface area (Å²) in [6.07, 6.45) is -0.105. The number of nitrogens with zero attached hydrogens (tertiary/aromatic N) is 1. The van der Waals surface area contributed by atoms with Crippen molar-refractivity contribution in [2.75, 3.05) is 0 Å². The smallest absolute Gasteiger partial charge is 0.214 e. The molecular weight excluding hydrogens is 250 g/mol. The fourth-order valence-electron chi connectivity index (χ4n) is 1.61. The molecule has 1 atom stereocenters. The Labute approximate surface area is 111 Å². The second-order valence-electron chi connectivity index (χ2n) is 3.91. The molecule has 3 nitrogen and oxygen atoms in total. The lowest BCUT2D eigenvalue weighted by Gasteiger charge is -2.14. The summed E-state index contributed by atoms with van der Waals surface area (Å²) in [5.41, 5.74) is 1.49. The normalized spacial score (nSPS) is 12.2. The molecule has 1 N–H and O–H groups in total. The van der Waals surface area contributed by atoms with Gasteiger partial charge in [0.1, 0.15) is 6.10 Å². The van der Waals surface area contributed by atoms with Gasteiger partial charge in [-0.1, -0.05) is 41.9 Å². The van der Waals surface area contributed by atoms with Crippen LogP contribution in [0.4, 0.5) is 0 Å². The van der Waals surface area contributed by atoms with Crippen LogP contribution in [-0.4, -0.2) is 10.1 Å². The molecular formula is C14H14ClNO2. The lowest BCUT2D eigenvalue weighted by molar-refractivity contribution is 0.213. The molecule has 0 saturated carbocycles. The molecule has 1 aromatic heterocycles. The molecule has 18 heavy (non-hydrogen) atoms. The van der Waals surface area contributed by atoms with Crippen LogP contribution in [-0.2, 0) is 6.61 Å². The Kier molecular flexibility index (Phi) is 4.18. The second kappa shape index (κ2) is 5.85. The third kappa shape index (κ3) is 3.00. The molecule has 1 heterocycles. The maximum absolute atomic E-state index is 9.09. The molecule has 1 aromatic carbocycles. The van der Waals surface area contributed by atoms with E-state index in [0.717, 1.165) is 5.56 Å². The van der Waals surface area contributed by atoms with E-state index in [1.807, 2.05) is 37.3 Å². The minimum absolute atomic E-state index is 0.105. The van der Waals surface area contributed by atoms with Crippen LogP contribution in [0.5, 0.6) is 5.88 Å². The highest BCUT2D eigenvalue weighted by molar-refractivity contribution is 6.31. The Morgan fingerprint density at radius 2 is 1.94 bits per heavy atom. The molecule has 0 unspecified atom stereocenters. The maximum atomic E-state index is 9.09. The number of pyridine rings is 1. The highest BCUT2D eigenvalue weighted by Gasteiger charge is 2.09. The van der Waals surface area contributed by atoms with Crippen LogP contribution in [0, 0.1) is 0 Å². The van der Waals surface area contributed by atoms with Gasteiger partial charge in [-0.15, -0.1) is 0 Å². The summed E-state index contributed by atoms with van der Waals surface area (Å²) in [5.74, 6) is 0.458. The van der Waals surface area contributed by atoms with Crippen LogP contribution < -0.4 is 4.74 Å². The van der Waals surface area contributed by atoms with E-state index < -0.39 is 0 Å². The number of rotatable bonds is 4. The molecule has 0 amide bonds. The van der Waals surface area contributed by atoms with Gasteiger partial charge in [0.25, 0.3) is 0 Å². The standard InChI is InChI=1S/C14H14ClNO2/c1-10(11-5-3-2-4-6-11)18-14-8-7-12(15)13(9-17)16-14/h2-8,10,17H,9H2,1H3/t10-/m1/s1. The summed E-state index contributed by atoms with van der Waals surface area (Å²) in [4.78, 5) is 4.15. The second-order valence-corrected chi connectivity index (χ2v) is 4.31. The van der Waals surface area contributed by atoms with E-state index in [-0.39, 0.29) is 12.7 Å². The SMILES string of the molecule is C[C@@H](Oc1ccc(Cl)c(CO)n1)c1ccccc1. The van der Waals surface area contributed by atoms with Crippen LogP contribution in [0.3, 0.4) is 0 Å². The van der Waals surface area contributed by atoms with E-state index in [2.05, 4.69) is 4.98 Å². The zero-order valence-electron chi connectivity index (χ0n) is 10.0. The van der Waals surface area contributed by atoms with Gasteiger partial charge in [-0.2, -0.15) is 0 Å². The third-order valence-corrected chi connectivity index (χ3v) is 2.95. The van der Waals surface area contributed by atoms with Crippen molar-refractivity contribution in [1.82, 2.24) is 4.98 Å². The minimum atomic E-state index is -0.199. The van der Waals surface area contributed by atoms with Gasteiger partial charge in [0.15, 0.2) is 0 Å². The number of hydrogen-bond acceptors (Lipinski definition) is 3. The fraction of sp³-hybridized carbons (Fsp3) is 0.214. The average molecular weight is 264 g/mol. The van der Waals surface area contributed by atoms with E-state index >= 15 is 0 Å². The Bertz CT molecular complexity index is 516. The summed E-state index contributed by atoms with van der Waals surface area (Å²) >= 11 is 5.87. The average Bonchev–Trinajstić information content (AvgIpc) is 2.42. The molecule has 94 valence electrons. The Hall–Kier alpha value is -1.58. The summed E-state index contributed by atoms with van der Waals surface area (Å²) < 4.78 is 5.72. The number of aromatic nitrogens is 1. The number of benzene rings is 1. The van der Waals surface area contributed by atoms with Crippen molar-refractivity contribution in [3.63, 3.8) is 0 Å². The van der Waals surface area contributed by atoms with Gasteiger partial charge in [0.2, 0.25) is 5.88 Å². The van der Waals surface area contributed by atoms with Gasteiger partial charge in [0.05, 0.1) is 17.3 Å². The Morgan fingerprint density at radius 3 is 2.61 bits per heavy atom. The maximum Gasteiger partial charge on any atom is 0.214 e. The first-order valence-electron chi connectivity index (χ1n) is 5.68. The number of ether oxygens (including phenoxy) is 1. The minimum Gasteiger partial charge on any atom is -0.470 e. The van der Waals surface area contributed by atoms with Crippen LogP contribution in [0.25, 0.3) is 0 Å². The number of aliphatic hydroxyl groups is 1. The van der Waals surface area contributed by atoms with E-state index in [0.29, 0.717) is 16.6 Å². The molecule has 0 saturated heterocycles. The van der Waals surface area contributed by atoms with E-state index in [9.17, 15) is 0 Å². The van der Waals surface area contributed by atoms with Crippen LogP contribution >= 0.6 is 11.6 Å². The highest BCUT2D eigenvalue weighted by atomic mass is 35.5. The van der Waals surface area contributed by atoms with E-state index in [1.54, 1.807) is 12.1 Å². The van der Waals surface area contributed by atoms with Crippen molar-refractivity contribution < 1.29 is 9.84 Å². The number of hydrogen-bond donors (Lipinski definition) is 1. The molecule has 0 bridgehead atoms. The van der Waals surface area contributed by atoms with Crippen LogP contribution in [0.2, 0.25) is 5.02 Å². The predicted molar refractivity (Wildman–Crippen MR) is 70.7 cm³/mol. The molecule has 0 spiro atoms. The first-order chi connectivity index (χ1) is 8.70. The Balaban J connectivity index is 2.14. The Morgan fingerprint density at radius 1 is 1.22 bits per heavy atom. The van der Waals surface area contributed by atoms with Crippen molar-refractivity contribution >= 4 is 11.6 Å². The molecule has 0 fully saturated rings. The lowest BCUT2D eigenvalue weighted by Crippen LogP contribution is -2.05. The molecule has 0 aliphatic carbocycles.